The van der Waals surface area contributed by atoms with Crippen LogP contribution in [0.2, 0.25) is 0 Å². The van der Waals surface area contributed by atoms with Gasteiger partial charge in [-0.1, -0.05) is 115 Å². The molecule has 0 spiro atoms. The van der Waals surface area contributed by atoms with Crippen molar-refractivity contribution in [3.05, 3.63) is 152 Å². The summed E-state index contributed by atoms with van der Waals surface area (Å²) in [6, 6.07) is 49.9. The van der Waals surface area contributed by atoms with E-state index in [1.807, 2.05) is 12.4 Å². The Morgan fingerprint density at radius 2 is 0.737 bits per heavy atom. The lowest BCUT2D eigenvalue weighted by Gasteiger charge is -2.19. The van der Waals surface area contributed by atoms with Crippen LogP contribution >= 0.6 is 0 Å². The number of hydrogen-bond acceptors (Lipinski definition) is 1. The minimum absolute atomic E-state index is 1.16. The summed E-state index contributed by atoms with van der Waals surface area (Å²) in [6.45, 7) is 0. The molecule has 0 atom stereocenters. The number of nitrogens with zero attached hydrogens (tertiary/aromatic N) is 1. The maximum Gasteiger partial charge on any atom is 0.0353 e. The molecule has 1 heteroatoms. The van der Waals surface area contributed by atoms with Gasteiger partial charge in [0.25, 0.3) is 0 Å². The van der Waals surface area contributed by atoms with E-state index in [4.69, 9.17) is 0 Å². The molecule has 0 unspecified atom stereocenters. The van der Waals surface area contributed by atoms with Crippen LogP contribution < -0.4 is 0 Å². The number of fused-ring (bicyclic) bond motifs is 2. The Labute approximate surface area is 222 Å². The summed E-state index contributed by atoms with van der Waals surface area (Å²) < 4.78 is 0. The maximum absolute atomic E-state index is 4.60. The van der Waals surface area contributed by atoms with E-state index in [2.05, 4.69) is 145 Å². The Balaban J connectivity index is 1.60. The molecule has 0 bridgehead atoms. The highest BCUT2D eigenvalue weighted by Crippen LogP contribution is 2.44. The van der Waals surface area contributed by atoms with E-state index < -0.39 is 0 Å². The van der Waals surface area contributed by atoms with Crippen molar-refractivity contribution in [1.29, 1.82) is 0 Å². The monoisotopic (exact) mass is 483 g/mol. The second-order valence-electron chi connectivity index (χ2n) is 9.61. The number of benzene rings is 6. The van der Waals surface area contributed by atoms with Crippen molar-refractivity contribution in [2.45, 2.75) is 0 Å². The highest BCUT2D eigenvalue weighted by molar-refractivity contribution is 6.21. The second-order valence-corrected chi connectivity index (χ2v) is 9.61. The van der Waals surface area contributed by atoms with Gasteiger partial charge < -0.3 is 0 Å². The molecule has 0 aliphatic rings. The van der Waals surface area contributed by atoms with E-state index in [1.54, 1.807) is 0 Å². The van der Waals surface area contributed by atoms with Crippen molar-refractivity contribution in [1.82, 2.24) is 4.98 Å². The molecule has 0 aliphatic heterocycles. The first kappa shape index (κ1) is 22.2. The summed E-state index contributed by atoms with van der Waals surface area (Å²) in [5.74, 6) is 0. The molecule has 1 heterocycles. The van der Waals surface area contributed by atoms with Gasteiger partial charge in [-0.05, 0) is 84.9 Å². The lowest BCUT2D eigenvalue weighted by molar-refractivity contribution is 1.37. The highest BCUT2D eigenvalue weighted by atomic mass is 14.6. The summed E-state index contributed by atoms with van der Waals surface area (Å²) in [5, 5.41) is 4.86. The highest BCUT2D eigenvalue weighted by Gasteiger charge is 2.18. The standard InChI is InChI=1S/C37H25N/c1-4-12-26(13-5-1)29-22-30(27-14-6-2-7-15-27)24-31(23-29)37-33-19-11-10-18-32(33)36(28-16-8-3-9-17-28)34-20-21-38-25-35(34)37/h1-25H. The van der Waals surface area contributed by atoms with E-state index in [-0.39, 0.29) is 0 Å². The zero-order chi connectivity index (χ0) is 25.3. The Morgan fingerprint density at radius 3 is 1.29 bits per heavy atom. The summed E-state index contributed by atoms with van der Waals surface area (Å²) in [4.78, 5) is 4.60. The Kier molecular flexibility index (Phi) is 5.53. The van der Waals surface area contributed by atoms with Gasteiger partial charge in [0, 0.05) is 17.8 Å². The summed E-state index contributed by atoms with van der Waals surface area (Å²) >= 11 is 0. The van der Waals surface area contributed by atoms with Crippen LogP contribution in [0.5, 0.6) is 0 Å². The summed E-state index contributed by atoms with van der Waals surface area (Å²) in [5.41, 5.74) is 9.71. The lowest BCUT2D eigenvalue weighted by Crippen LogP contribution is -1.92. The Morgan fingerprint density at radius 1 is 0.316 bits per heavy atom. The van der Waals surface area contributed by atoms with Gasteiger partial charge >= 0.3 is 0 Å². The van der Waals surface area contributed by atoms with E-state index in [0.717, 1.165) is 5.39 Å². The average Bonchev–Trinajstić information content (AvgIpc) is 3.01. The van der Waals surface area contributed by atoms with Gasteiger partial charge in [0.1, 0.15) is 0 Å². The molecular formula is C37H25N. The SMILES string of the molecule is c1ccc(-c2cc(-c3ccccc3)cc(-c3c4ccccc4c(-c4ccccc4)c4ccncc34)c2)cc1. The van der Waals surface area contributed by atoms with Crippen molar-refractivity contribution in [3.8, 4) is 44.5 Å². The van der Waals surface area contributed by atoms with Crippen LogP contribution in [0.25, 0.3) is 66.1 Å². The Bertz CT molecular complexity index is 1770. The van der Waals surface area contributed by atoms with Crippen molar-refractivity contribution in [2.24, 2.45) is 0 Å². The number of aromatic nitrogens is 1. The molecule has 0 radical (unpaired) electrons. The van der Waals surface area contributed by atoms with Crippen LogP contribution in [0, 0.1) is 0 Å². The fourth-order valence-electron chi connectivity index (χ4n) is 5.61. The van der Waals surface area contributed by atoms with Gasteiger partial charge in [0.15, 0.2) is 0 Å². The van der Waals surface area contributed by atoms with E-state index in [0.29, 0.717) is 0 Å². The van der Waals surface area contributed by atoms with Crippen molar-refractivity contribution < 1.29 is 0 Å². The molecule has 7 aromatic rings. The normalized spacial score (nSPS) is 11.2. The zero-order valence-electron chi connectivity index (χ0n) is 20.9. The third kappa shape index (κ3) is 3.86. The molecule has 0 amide bonds. The van der Waals surface area contributed by atoms with Crippen LogP contribution in [0.3, 0.4) is 0 Å². The number of pyridine rings is 1. The van der Waals surface area contributed by atoms with Gasteiger partial charge in [0.2, 0.25) is 0 Å². The maximum atomic E-state index is 4.60. The second kappa shape index (κ2) is 9.46. The fourth-order valence-corrected chi connectivity index (χ4v) is 5.61. The van der Waals surface area contributed by atoms with Crippen LogP contribution in [0.15, 0.2) is 152 Å². The molecule has 6 aromatic carbocycles. The third-order valence-electron chi connectivity index (χ3n) is 7.32. The van der Waals surface area contributed by atoms with Crippen LogP contribution in [-0.4, -0.2) is 4.98 Å². The number of rotatable bonds is 4. The molecule has 0 saturated heterocycles. The van der Waals surface area contributed by atoms with Gasteiger partial charge in [-0.2, -0.15) is 0 Å². The minimum atomic E-state index is 1.16. The predicted octanol–water partition coefficient (Wildman–Crippen LogP) is 10.1. The minimum Gasteiger partial charge on any atom is -0.264 e. The zero-order valence-corrected chi connectivity index (χ0v) is 20.9. The summed E-state index contributed by atoms with van der Waals surface area (Å²) in [6.07, 6.45) is 3.93. The average molecular weight is 484 g/mol. The molecular weight excluding hydrogens is 458 g/mol. The van der Waals surface area contributed by atoms with Crippen molar-refractivity contribution in [3.63, 3.8) is 0 Å². The predicted molar refractivity (Wildman–Crippen MR) is 161 cm³/mol. The first-order valence-corrected chi connectivity index (χ1v) is 13.0. The largest absolute Gasteiger partial charge is 0.264 e. The van der Waals surface area contributed by atoms with Crippen LogP contribution in [0.1, 0.15) is 0 Å². The molecule has 1 nitrogen and oxygen atoms in total. The van der Waals surface area contributed by atoms with Gasteiger partial charge in [-0.3, -0.25) is 4.98 Å². The summed E-state index contributed by atoms with van der Waals surface area (Å²) in [7, 11) is 0. The molecule has 0 fully saturated rings. The van der Waals surface area contributed by atoms with Gasteiger partial charge in [-0.15, -0.1) is 0 Å². The molecule has 7 rings (SSSR count). The fraction of sp³-hybridized carbons (Fsp3) is 0. The molecule has 0 saturated carbocycles. The molecule has 1 aromatic heterocycles. The Hall–Kier alpha value is -5.01. The third-order valence-corrected chi connectivity index (χ3v) is 7.32. The van der Waals surface area contributed by atoms with E-state index >= 15 is 0 Å². The molecule has 38 heavy (non-hydrogen) atoms. The molecule has 0 aliphatic carbocycles. The number of hydrogen-bond donors (Lipinski definition) is 0. The van der Waals surface area contributed by atoms with Crippen LogP contribution in [-0.2, 0) is 0 Å². The van der Waals surface area contributed by atoms with Crippen molar-refractivity contribution in [2.75, 3.05) is 0 Å². The van der Waals surface area contributed by atoms with Gasteiger partial charge in [0.05, 0.1) is 0 Å². The van der Waals surface area contributed by atoms with E-state index in [9.17, 15) is 0 Å². The molecule has 0 N–H and O–H groups in total. The van der Waals surface area contributed by atoms with Gasteiger partial charge in [-0.25, -0.2) is 0 Å². The van der Waals surface area contributed by atoms with Crippen LogP contribution in [0.4, 0.5) is 0 Å². The smallest absolute Gasteiger partial charge is 0.0353 e. The molecule has 178 valence electrons. The quantitative estimate of drug-likeness (QED) is 0.227. The first-order valence-electron chi connectivity index (χ1n) is 13.0. The van der Waals surface area contributed by atoms with Crippen molar-refractivity contribution >= 4 is 21.5 Å². The van der Waals surface area contributed by atoms with E-state index in [1.165, 1.54) is 60.7 Å². The lowest BCUT2D eigenvalue weighted by atomic mass is 9.85. The first-order chi connectivity index (χ1) is 18.9. The topological polar surface area (TPSA) is 12.9 Å².